The van der Waals surface area contributed by atoms with Crippen LogP contribution in [0.1, 0.15) is 20.8 Å². The Morgan fingerprint density at radius 1 is 1.52 bits per heavy atom. The van der Waals surface area contributed by atoms with Gasteiger partial charge in [0.1, 0.15) is 12.0 Å². The number of aromatic nitrogens is 2. The molecule has 118 valence electrons. The Morgan fingerprint density at radius 2 is 2.33 bits per heavy atom. The van der Waals surface area contributed by atoms with E-state index in [1.807, 2.05) is 13.8 Å². The van der Waals surface area contributed by atoms with E-state index in [9.17, 15) is 0 Å². The zero-order chi connectivity index (χ0) is 15.2. The second-order valence-electron chi connectivity index (χ2n) is 5.37. The Bertz CT molecular complexity index is 455. The van der Waals surface area contributed by atoms with Gasteiger partial charge in [0.25, 0.3) is 0 Å². The highest BCUT2D eigenvalue weighted by Gasteiger charge is 2.20. The van der Waals surface area contributed by atoms with Crippen LogP contribution in [0.25, 0.3) is 0 Å². The third kappa shape index (κ3) is 4.44. The zero-order valence-corrected chi connectivity index (χ0v) is 13.0. The number of rotatable bonds is 6. The number of anilines is 2. The van der Waals surface area contributed by atoms with Crippen molar-refractivity contribution in [1.82, 2.24) is 14.9 Å². The molecule has 1 atom stereocenters. The average Bonchev–Trinajstić information content (AvgIpc) is 2.48. The summed E-state index contributed by atoms with van der Waals surface area (Å²) in [4.78, 5) is 10.6. The lowest BCUT2D eigenvalue weighted by Crippen LogP contribution is -2.45. The number of nitrogens with zero attached hydrogens (tertiary/aromatic N) is 3. The van der Waals surface area contributed by atoms with Crippen LogP contribution in [0.5, 0.6) is 5.88 Å². The molecule has 1 fully saturated rings. The van der Waals surface area contributed by atoms with E-state index in [2.05, 4.69) is 27.1 Å². The van der Waals surface area contributed by atoms with Crippen molar-refractivity contribution < 1.29 is 9.47 Å². The summed E-state index contributed by atoms with van der Waals surface area (Å²) in [6.07, 6.45) is 1.62. The molecule has 0 radical (unpaired) electrons. The summed E-state index contributed by atoms with van der Waals surface area (Å²) in [6.45, 7) is 10.4. The molecule has 1 aliphatic rings. The first-order chi connectivity index (χ1) is 10.1. The van der Waals surface area contributed by atoms with Gasteiger partial charge in [-0.15, -0.1) is 0 Å². The van der Waals surface area contributed by atoms with Gasteiger partial charge in [-0.1, -0.05) is 6.92 Å². The predicted molar refractivity (Wildman–Crippen MR) is 82.6 cm³/mol. The SMILES string of the molecule is CCN1CCOC(CNc2ncnc(OC(C)C)c2N)C1. The van der Waals surface area contributed by atoms with Gasteiger partial charge in [-0.2, -0.15) is 4.98 Å². The largest absolute Gasteiger partial charge is 0.473 e. The Labute approximate surface area is 125 Å². The molecule has 0 aromatic carbocycles. The molecule has 0 bridgehead atoms. The maximum absolute atomic E-state index is 6.04. The molecular weight excluding hydrogens is 270 g/mol. The summed E-state index contributed by atoms with van der Waals surface area (Å²) < 4.78 is 11.3. The third-order valence-electron chi connectivity index (χ3n) is 3.36. The number of nitrogens with two attached hydrogens (primary N) is 1. The molecule has 21 heavy (non-hydrogen) atoms. The summed E-state index contributed by atoms with van der Waals surface area (Å²) in [7, 11) is 0. The first-order valence-corrected chi connectivity index (χ1v) is 7.45. The van der Waals surface area contributed by atoms with Crippen molar-refractivity contribution in [2.24, 2.45) is 0 Å². The lowest BCUT2D eigenvalue weighted by Gasteiger charge is -2.32. The summed E-state index contributed by atoms with van der Waals surface area (Å²) in [5.74, 6) is 1.01. The van der Waals surface area contributed by atoms with E-state index in [1.165, 1.54) is 6.33 Å². The monoisotopic (exact) mass is 295 g/mol. The molecule has 7 heteroatoms. The Morgan fingerprint density at radius 3 is 3.05 bits per heavy atom. The smallest absolute Gasteiger partial charge is 0.242 e. The van der Waals surface area contributed by atoms with Crippen molar-refractivity contribution in [2.45, 2.75) is 33.0 Å². The number of nitrogen functional groups attached to an aromatic ring is 1. The molecule has 2 heterocycles. The lowest BCUT2D eigenvalue weighted by molar-refractivity contribution is -0.0192. The molecule has 0 aliphatic carbocycles. The topological polar surface area (TPSA) is 85.5 Å². The third-order valence-corrected chi connectivity index (χ3v) is 3.36. The van der Waals surface area contributed by atoms with E-state index in [0.717, 1.165) is 26.2 Å². The number of morpholine rings is 1. The van der Waals surface area contributed by atoms with E-state index in [-0.39, 0.29) is 12.2 Å². The molecule has 7 nitrogen and oxygen atoms in total. The first kappa shape index (κ1) is 15.8. The fourth-order valence-electron chi connectivity index (χ4n) is 2.24. The van der Waals surface area contributed by atoms with Crippen molar-refractivity contribution in [3.63, 3.8) is 0 Å². The number of likely N-dealkylation sites (N-methyl/N-ethyl adjacent to an activating group) is 1. The normalized spacial score (nSPS) is 19.7. The van der Waals surface area contributed by atoms with Crippen molar-refractivity contribution in [3.8, 4) is 5.88 Å². The highest BCUT2D eigenvalue weighted by Crippen LogP contribution is 2.25. The predicted octanol–water partition coefficient (Wildman–Crippen LogP) is 0.979. The molecule has 1 aromatic rings. The van der Waals surface area contributed by atoms with Gasteiger partial charge < -0.3 is 20.5 Å². The second-order valence-corrected chi connectivity index (χ2v) is 5.37. The first-order valence-electron chi connectivity index (χ1n) is 7.45. The van der Waals surface area contributed by atoms with Gasteiger partial charge in [0.15, 0.2) is 5.82 Å². The quantitative estimate of drug-likeness (QED) is 0.809. The van der Waals surface area contributed by atoms with Gasteiger partial charge in [-0.3, -0.25) is 4.90 Å². The van der Waals surface area contributed by atoms with Gasteiger partial charge in [0.2, 0.25) is 5.88 Å². The van der Waals surface area contributed by atoms with Crippen LogP contribution in [0.2, 0.25) is 0 Å². The Kier molecular flexibility index (Phi) is 5.58. The fourth-order valence-corrected chi connectivity index (χ4v) is 2.24. The van der Waals surface area contributed by atoms with E-state index >= 15 is 0 Å². The van der Waals surface area contributed by atoms with Crippen LogP contribution in [-0.4, -0.2) is 59.9 Å². The van der Waals surface area contributed by atoms with Crippen LogP contribution in [0.15, 0.2) is 6.33 Å². The van der Waals surface area contributed by atoms with Gasteiger partial charge in [-0.25, -0.2) is 4.98 Å². The van der Waals surface area contributed by atoms with Crippen LogP contribution in [-0.2, 0) is 4.74 Å². The minimum atomic E-state index is 0.0230. The molecule has 1 aliphatic heterocycles. The van der Waals surface area contributed by atoms with Crippen molar-refractivity contribution >= 4 is 11.5 Å². The fraction of sp³-hybridized carbons (Fsp3) is 0.714. The molecule has 0 spiro atoms. The Balaban J connectivity index is 1.93. The van der Waals surface area contributed by atoms with Crippen molar-refractivity contribution in [3.05, 3.63) is 6.33 Å². The van der Waals surface area contributed by atoms with E-state index < -0.39 is 0 Å². The average molecular weight is 295 g/mol. The van der Waals surface area contributed by atoms with Crippen molar-refractivity contribution in [1.29, 1.82) is 0 Å². The summed E-state index contributed by atoms with van der Waals surface area (Å²) >= 11 is 0. The van der Waals surface area contributed by atoms with E-state index in [0.29, 0.717) is 23.9 Å². The van der Waals surface area contributed by atoms with Gasteiger partial charge in [0.05, 0.1) is 18.8 Å². The number of hydrogen-bond acceptors (Lipinski definition) is 7. The van der Waals surface area contributed by atoms with Crippen LogP contribution >= 0.6 is 0 Å². The highest BCUT2D eigenvalue weighted by atomic mass is 16.5. The van der Waals surface area contributed by atoms with Crippen LogP contribution in [0.3, 0.4) is 0 Å². The number of hydrogen-bond donors (Lipinski definition) is 2. The summed E-state index contributed by atoms with van der Waals surface area (Å²) in [6, 6.07) is 0. The standard InChI is InChI=1S/C14H25N5O2/c1-4-19-5-6-20-11(8-19)7-16-13-12(15)14(18-9-17-13)21-10(2)3/h9-11H,4-8,15H2,1-3H3,(H,16,17,18). The van der Waals surface area contributed by atoms with Crippen LogP contribution in [0.4, 0.5) is 11.5 Å². The molecule has 1 saturated heterocycles. The maximum atomic E-state index is 6.04. The highest BCUT2D eigenvalue weighted by molar-refractivity contribution is 5.66. The molecule has 1 unspecified atom stereocenters. The molecule has 0 saturated carbocycles. The van der Waals surface area contributed by atoms with Crippen LogP contribution in [0, 0.1) is 0 Å². The number of ether oxygens (including phenoxy) is 2. The minimum Gasteiger partial charge on any atom is -0.473 e. The second kappa shape index (κ2) is 7.42. The molecular formula is C14H25N5O2. The van der Waals surface area contributed by atoms with Crippen LogP contribution < -0.4 is 15.8 Å². The van der Waals surface area contributed by atoms with Gasteiger partial charge in [-0.05, 0) is 20.4 Å². The van der Waals surface area contributed by atoms with Gasteiger partial charge >= 0.3 is 0 Å². The maximum Gasteiger partial charge on any atom is 0.242 e. The summed E-state index contributed by atoms with van der Waals surface area (Å²) in [5, 5.41) is 3.23. The van der Waals surface area contributed by atoms with Gasteiger partial charge in [0, 0.05) is 19.6 Å². The molecule has 0 amide bonds. The summed E-state index contributed by atoms with van der Waals surface area (Å²) in [5.41, 5.74) is 6.48. The zero-order valence-electron chi connectivity index (χ0n) is 13.0. The van der Waals surface area contributed by atoms with E-state index in [1.54, 1.807) is 0 Å². The Hall–Kier alpha value is -1.60. The van der Waals surface area contributed by atoms with Crippen molar-refractivity contribution in [2.75, 3.05) is 43.8 Å². The number of nitrogens with one attached hydrogen (secondary N) is 1. The molecule has 2 rings (SSSR count). The molecule has 1 aromatic heterocycles. The molecule has 3 N–H and O–H groups in total. The minimum absolute atomic E-state index is 0.0230. The lowest BCUT2D eigenvalue weighted by atomic mass is 10.2. The van der Waals surface area contributed by atoms with E-state index in [4.69, 9.17) is 15.2 Å².